The van der Waals surface area contributed by atoms with Gasteiger partial charge in [-0.25, -0.2) is 9.97 Å². The summed E-state index contributed by atoms with van der Waals surface area (Å²) in [5.41, 5.74) is 3.68. The van der Waals surface area contributed by atoms with Crippen molar-refractivity contribution in [2.24, 2.45) is 0 Å². The van der Waals surface area contributed by atoms with E-state index in [0.717, 1.165) is 38.9 Å². The molecule has 2 aromatic carbocycles. The number of imidazole rings is 1. The van der Waals surface area contributed by atoms with Crippen LogP contribution in [0.3, 0.4) is 0 Å². The largest absolute Gasteiger partial charge is 0.494 e. The number of ether oxygens (including phenoxy) is 1. The number of likely N-dealkylation sites (N-methyl/N-ethyl adjacent to an activating group) is 1. The van der Waals surface area contributed by atoms with E-state index in [1.165, 1.54) is 0 Å². The summed E-state index contributed by atoms with van der Waals surface area (Å²) in [5, 5.41) is 2.84. The van der Waals surface area contributed by atoms with Gasteiger partial charge in [0.25, 0.3) is 0 Å². The molecule has 6 nitrogen and oxygen atoms in total. The zero-order valence-corrected chi connectivity index (χ0v) is 17.2. The Morgan fingerprint density at radius 3 is 2.69 bits per heavy atom. The van der Waals surface area contributed by atoms with Crippen LogP contribution < -0.4 is 4.74 Å². The van der Waals surface area contributed by atoms with Gasteiger partial charge in [-0.2, -0.15) is 0 Å². The van der Waals surface area contributed by atoms with Crippen molar-refractivity contribution >= 4 is 28.3 Å². The summed E-state index contributed by atoms with van der Waals surface area (Å²) in [6, 6.07) is 15.7. The van der Waals surface area contributed by atoms with Crippen LogP contribution in [-0.2, 0) is 17.8 Å². The molecule has 0 bridgehead atoms. The topological polar surface area (TPSA) is 71.1 Å². The van der Waals surface area contributed by atoms with Gasteiger partial charge in [-0.05, 0) is 43.3 Å². The molecule has 4 rings (SSSR count). The third kappa shape index (κ3) is 4.46. The minimum Gasteiger partial charge on any atom is -0.494 e. The molecule has 0 atom stereocenters. The predicted octanol–water partition coefficient (Wildman–Crippen LogP) is 4.29. The summed E-state index contributed by atoms with van der Waals surface area (Å²) in [4.78, 5) is 26.7. The Labute approximate surface area is 173 Å². The Balaban J connectivity index is 1.39. The number of carbonyl (C=O) groups is 1. The van der Waals surface area contributed by atoms with E-state index in [1.54, 1.807) is 23.3 Å². The number of hydrogen-bond acceptors (Lipinski definition) is 5. The summed E-state index contributed by atoms with van der Waals surface area (Å²) in [6.45, 7) is 3.04. The van der Waals surface area contributed by atoms with Crippen LogP contribution in [-0.4, -0.2) is 39.4 Å². The Morgan fingerprint density at radius 2 is 1.93 bits per heavy atom. The molecule has 0 aliphatic carbocycles. The molecular weight excluding hydrogens is 384 g/mol. The number of rotatable bonds is 7. The number of nitrogens with one attached hydrogen (secondary N) is 1. The van der Waals surface area contributed by atoms with E-state index < -0.39 is 0 Å². The van der Waals surface area contributed by atoms with Crippen LogP contribution in [0.4, 0.5) is 0 Å². The number of amides is 1. The Hall–Kier alpha value is -3.19. The number of benzene rings is 2. The molecule has 2 heterocycles. The van der Waals surface area contributed by atoms with Gasteiger partial charge in [-0.1, -0.05) is 12.1 Å². The second kappa shape index (κ2) is 8.45. The second-order valence-electron chi connectivity index (χ2n) is 6.73. The highest BCUT2D eigenvalue weighted by atomic mass is 32.1. The van der Waals surface area contributed by atoms with Crippen molar-refractivity contribution in [3.05, 3.63) is 65.4 Å². The van der Waals surface area contributed by atoms with E-state index in [-0.39, 0.29) is 12.3 Å². The first kappa shape index (κ1) is 19.1. The van der Waals surface area contributed by atoms with Crippen LogP contribution in [0.1, 0.15) is 18.4 Å². The average molecular weight is 407 g/mol. The Morgan fingerprint density at radius 1 is 1.14 bits per heavy atom. The monoisotopic (exact) mass is 406 g/mol. The van der Waals surface area contributed by atoms with Gasteiger partial charge in [-0.15, -0.1) is 11.3 Å². The number of para-hydroxylation sites is 2. The first-order valence-electron chi connectivity index (χ1n) is 9.47. The first-order chi connectivity index (χ1) is 14.1. The van der Waals surface area contributed by atoms with E-state index in [1.807, 2.05) is 60.8 Å². The Kier molecular flexibility index (Phi) is 5.57. The number of nitrogens with zero attached hydrogens (tertiary/aromatic N) is 3. The fourth-order valence-corrected chi connectivity index (χ4v) is 3.89. The van der Waals surface area contributed by atoms with Gasteiger partial charge < -0.3 is 14.6 Å². The number of aromatic nitrogens is 3. The molecule has 1 N–H and O–H groups in total. The van der Waals surface area contributed by atoms with Crippen LogP contribution in [0.25, 0.3) is 21.6 Å². The van der Waals surface area contributed by atoms with Crippen LogP contribution in [0.5, 0.6) is 5.75 Å². The molecule has 0 saturated carbocycles. The highest BCUT2D eigenvalue weighted by Gasteiger charge is 2.15. The number of aromatic amines is 1. The lowest BCUT2D eigenvalue weighted by molar-refractivity contribution is -0.129. The highest BCUT2D eigenvalue weighted by Crippen LogP contribution is 2.26. The lowest BCUT2D eigenvalue weighted by atomic mass is 10.2. The molecule has 0 fully saturated rings. The fraction of sp³-hybridized carbons (Fsp3) is 0.227. The molecule has 0 aliphatic heterocycles. The molecule has 0 unspecified atom stereocenters. The van der Waals surface area contributed by atoms with Gasteiger partial charge >= 0.3 is 0 Å². The summed E-state index contributed by atoms with van der Waals surface area (Å²) in [5.74, 6) is 1.62. The van der Waals surface area contributed by atoms with Gasteiger partial charge in [0.15, 0.2) is 0 Å². The number of H-pyrrole nitrogens is 1. The van der Waals surface area contributed by atoms with Gasteiger partial charge in [0.2, 0.25) is 5.91 Å². The van der Waals surface area contributed by atoms with Crippen LogP contribution in [0, 0.1) is 0 Å². The van der Waals surface area contributed by atoms with Crippen molar-refractivity contribution in [3.8, 4) is 16.3 Å². The lowest BCUT2D eigenvalue weighted by Gasteiger charge is -2.14. The van der Waals surface area contributed by atoms with Gasteiger partial charge in [-0.3, -0.25) is 4.79 Å². The Bertz CT molecular complexity index is 1080. The zero-order valence-electron chi connectivity index (χ0n) is 16.4. The molecule has 2 aromatic heterocycles. The number of thiazole rings is 1. The zero-order chi connectivity index (χ0) is 20.2. The maximum absolute atomic E-state index is 12.6. The van der Waals surface area contributed by atoms with Crippen molar-refractivity contribution in [1.82, 2.24) is 19.9 Å². The van der Waals surface area contributed by atoms with E-state index >= 15 is 0 Å². The molecule has 29 heavy (non-hydrogen) atoms. The summed E-state index contributed by atoms with van der Waals surface area (Å²) in [7, 11) is 1.79. The molecular formula is C22H22N4O2S. The molecule has 1 amide bonds. The van der Waals surface area contributed by atoms with Crippen LogP contribution >= 0.6 is 11.3 Å². The minimum atomic E-state index is 0.00833. The molecule has 7 heteroatoms. The molecule has 148 valence electrons. The van der Waals surface area contributed by atoms with Crippen molar-refractivity contribution < 1.29 is 9.53 Å². The third-order valence-corrected chi connectivity index (χ3v) is 5.49. The average Bonchev–Trinajstić information content (AvgIpc) is 3.35. The number of fused-ring (bicyclic) bond motifs is 1. The molecule has 0 radical (unpaired) electrons. The highest BCUT2D eigenvalue weighted by molar-refractivity contribution is 7.13. The quantitative estimate of drug-likeness (QED) is 0.497. The van der Waals surface area contributed by atoms with E-state index in [2.05, 4.69) is 15.0 Å². The molecule has 4 aromatic rings. The molecule has 0 saturated heterocycles. The van der Waals surface area contributed by atoms with Gasteiger partial charge in [0.1, 0.15) is 16.6 Å². The maximum atomic E-state index is 12.6. The van der Waals surface area contributed by atoms with E-state index in [0.29, 0.717) is 13.2 Å². The lowest BCUT2D eigenvalue weighted by Crippen LogP contribution is -2.28. The van der Waals surface area contributed by atoms with Crippen molar-refractivity contribution in [2.75, 3.05) is 13.7 Å². The summed E-state index contributed by atoms with van der Waals surface area (Å²) in [6.07, 6.45) is 0.268. The van der Waals surface area contributed by atoms with Gasteiger partial charge in [0.05, 0.1) is 36.3 Å². The second-order valence-corrected chi connectivity index (χ2v) is 7.59. The summed E-state index contributed by atoms with van der Waals surface area (Å²) < 4.78 is 5.47. The predicted molar refractivity (Wildman–Crippen MR) is 115 cm³/mol. The standard InChI is InChI=1S/C22H22N4O2S/c1-3-28-17-10-8-15(9-11-17)22-23-16(14-29-22)12-21(27)26(2)13-20-24-18-6-4-5-7-19(18)25-20/h4-11,14H,3,12-13H2,1-2H3,(H,24,25). The molecule has 0 aliphatic rings. The van der Waals surface area contributed by atoms with Crippen LogP contribution in [0.2, 0.25) is 0 Å². The fourth-order valence-electron chi connectivity index (χ4n) is 3.06. The summed E-state index contributed by atoms with van der Waals surface area (Å²) >= 11 is 1.54. The van der Waals surface area contributed by atoms with Crippen molar-refractivity contribution in [1.29, 1.82) is 0 Å². The SMILES string of the molecule is CCOc1ccc(-c2nc(CC(=O)N(C)Cc3nc4ccccc4[nH]3)cs2)cc1. The minimum absolute atomic E-state index is 0.00833. The van der Waals surface area contributed by atoms with E-state index in [9.17, 15) is 4.79 Å². The van der Waals surface area contributed by atoms with Crippen molar-refractivity contribution in [3.63, 3.8) is 0 Å². The van der Waals surface area contributed by atoms with E-state index in [4.69, 9.17) is 4.74 Å². The number of hydrogen-bond donors (Lipinski definition) is 1. The maximum Gasteiger partial charge on any atom is 0.228 e. The van der Waals surface area contributed by atoms with Crippen LogP contribution in [0.15, 0.2) is 53.9 Å². The smallest absolute Gasteiger partial charge is 0.228 e. The van der Waals surface area contributed by atoms with Gasteiger partial charge in [0, 0.05) is 18.0 Å². The first-order valence-corrected chi connectivity index (χ1v) is 10.4. The molecule has 0 spiro atoms. The normalized spacial score (nSPS) is 11.0. The third-order valence-electron chi connectivity index (χ3n) is 4.55. The number of carbonyl (C=O) groups excluding carboxylic acids is 1. The van der Waals surface area contributed by atoms with Crippen molar-refractivity contribution in [2.45, 2.75) is 19.9 Å².